The first-order valence-electron chi connectivity index (χ1n) is 10.6. The van der Waals surface area contributed by atoms with Crippen LogP contribution in [0.1, 0.15) is 43.4 Å². The summed E-state index contributed by atoms with van der Waals surface area (Å²) in [6, 6.07) is 6.95. The van der Waals surface area contributed by atoms with E-state index in [1.807, 2.05) is 0 Å². The van der Waals surface area contributed by atoms with E-state index in [0.717, 1.165) is 12.1 Å². The smallest absolute Gasteiger partial charge is 0.345 e. The topological polar surface area (TPSA) is 86.9 Å². The number of hydrogen-bond acceptors (Lipinski definition) is 3. The molecule has 37 heavy (non-hydrogen) atoms. The van der Waals surface area contributed by atoms with Crippen LogP contribution in [0.25, 0.3) is 11.4 Å². The summed E-state index contributed by atoms with van der Waals surface area (Å²) in [6.45, 7) is 0. The largest absolute Gasteiger partial charge is 0.416 e. The van der Waals surface area contributed by atoms with Gasteiger partial charge in [-0.25, -0.2) is 13.8 Å². The Morgan fingerprint density at radius 1 is 1.03 bits per heavy atom. The van der Waals surface area contributed by atoms with Gasteiger partial charge in [0.2, 0.25) is 0 Å². The summed E-state index contributed by atoms with van der Waals surface area (Å²) in [5.74, 6) is -3.17. The van der Waals surface area contributed by atoms with Crippen LogP contribution in [-0.2, 0) is 6.18 Å². The lowest BCUT2D eigenvalue weighted by atomic mass is 9.94. The highest BCUT2D eigenvalue weighted by atomic mass is 35.5. The quantitative estimate of drug-likeness (QED) is 0.277. The molecule has 1 atom stereocenters. The molecule has 0 spiro atoms. The summed E-state index contributed by atoms with van der Waals surface area (Å²) in [6.07, 6.45) is -1.89. The Kier molecular flexibility index (Phi) is 5.95. The van der Waals surface area contributed by atoms with Crippen LogP contribution in [-0.4, -0.2) is 21.8 Å². The van der Waals surface area contributed by atoms with Gasteiger partial charge in [-0.3, -0.25) is 9.59 Å². The predicted octanol–water partition coefficient (Wildman–Crippen LogP) is 6.11. The Morgan fingerprint density at radius 2 is 1.81 bits per heavy atom. The Balaban J connectivity index is 1.65. The predicted molar refractivity (Wildman–Crippen MR) is 124 cm³/mol. The first-order valence-corrected chi connectivity index (χ1v) is 11.0. The van der Waals surface area contributed by atoms with Crippen LogP contribution in [0.5, 0.6) is 0 Å². The molecule has 0 aliphatic carbocycles. The molecule has 6 nitrogen and oxygen atoms in total. The molecule has 0 bridgehead atoms. The van der Waals surface area contributed by atoms with Gasteiger partial charge in [-0.2, -0.15) is 13.2 Å². The van der Waals surface area contributed by atoms with Crippen LogP contribution in [0.15, 0.2) is 60.9 Å². The minimum atomic E-state index is -4.88. The number of halogens is 6. The molecule has 2 heterocycles. The van der Waals surface area contributed by atoms with Crippen molar-refractivity contribution in [1.29, 1.82) is 0 Å². The maximum absolute atomic E-state index is 14.0. The van der Waals surface area contributed by atoms with E-state index < -0.39 is 46.8 Å². The van der Waals surface area contributed by atoms with Crippen LogP contribution in [0, 0.1) is 11.6 Å². The van der Waals surface area contributed by atoms with Gasteiger partial charge in [-0.15, -0.1) is 0 Å². The molecule has 5 rings (SSSR count). The number of fused-ring (bicyclic) bond motifs is 1. The Labute approximate surface area is 210 Å². The molecule has 0 fully saturated rings. The second-order valence-corrected chi connectivity index (χ2v) is 8.58. The first kappa shape index (κ1) is 24.4. The number of anilines is 1. The van der Waals surface area contributed by atoms with Crippen LogP contribution in [0.4, 0.5) is 27.6 Å². The number of rotatable bonds is 4. The maximum atomic E-state index is 14.0. The highest BCUT2D eigenvalue weighted by molar-refractivity contribution is 6.31. The van der Waals surface area contributed by atoms with Gasteiger partial charge in [-0.05, 0) is 48.5 Å². The van der Waals surface area contributed by atoms with Gasteiger partial charge in [0.25, 0.3) is 11.8 Å². The first-order chi connectivity index (χ1) is 17.5. The summed E-state index contributed by atoms with van der Waals surface area (Å²) < 4.78 is 67.5. The van der Waals surface area contributed by atoms with Crippen molar-refractivity contribution in [3.63, 3.8) is 0 Å². The number of H-pyrrole nitrogens is 1. The van der Waals surface area contributed by atoms with Gasteiger partial charge in [0.1, 0.15) is 17.5 Å². The molecule has 2 amide bonds. The van der Waals surface area contributed by atoms with E-state index in [2.05, 4.69) is 20.6 Å². The van der Waals surface area contributed by atoms with Crippen LogP contribution in [0.2, 0.25) is 5.02 Å². The van der Waals surface area contributed by atoms with Crippen LogP contribution < -0.4 is 10.6 Å². The van der Waals surface area contributed by atoms with Crippen LogP contribution in [0.3, 0.4) is 0 Å². The van der Waals surface area contributed by atoms with Gasteiger partial charge in [0.15, 0.2) is 0 Å². The number of carbonyl (C=O) groups excluding carboxylic acids is 2. The summed E-state index contributed by atoms with van der Waals surface area (Å²) >= 11 is 6.27. The number of amides is 2. The van der Waals surface area contributed by atoms with Crippen molar-refractivity contribution in [3.8, 4) is 11.4 Å². The zero-order valence-corrected chi connectivity index (χ0v) is 19.1. The normalized spacial score (nSPS) is 14.9. The van der Waals surface area contributed by atoms with Gasteiger partial charge in [0.05, 0.1) is 11.6 Å². The van der Waals surface area contributed by atoms with E-state index in [4.69, 9.17) is 11.6 Å². The third-order valence-corrected chi connectivity index (χ3v) is 6.11. The van der Waals surface area contributed by atoms with Crippen molar-refractivity contribution in [3.05, 3.63) is 105 Å². The monoisotopic (exact) mass is 532 g/mol. The third kappa shape index (κ3) is 4.65. The lowest BCUT2D eigenvalue weighted by Gasteiger charge is -2.19. The number of imidazole rings is 1. The van der Waals surface area contributed by atoms with Gasteiger partial charge < -0.3 is 15.6 Å². The molecule has 4 aromatic rings. The second kappa shape index (κ2) is 9.00. The number of benzene rings is 3. The summed E-state index contributed by atoms with van der Waals surface area (Å²) in [5, 5.41) is 5.30. The number of nitrogens with one attached hydrogen (secondary N) is 3. The summed E-state index contributed by atoms with van der Waals surface area (Å²) in [4.78, 5) is 32.9. The fourth-order valence-electron chi connectivity index (χ4n) is 4.14. The average Bonchev–Trinajstić information content (AvgIpc) is 3.48. The zero-order valence-electron chi connectivity index (χ0n) is 18.4. The molecule has 188 valence electrons. The highest BCUT2D eigenvalue weighted by Crippen LogP contribution is 2.41. The molecular weight excluding hydrogens is 519 g/mol. The van der Waals surface area contributed by atoms with Crippen molar-refractivity contribution >= 4 is 29.1 Å². The van der Waals surface area contributed by atoms with E-state index in [9.17, 15) is 31.5 Å². The molecular formula is C25H14ClF5N4O2. The number of nitrogens with zero attached hydrogens (tertiary/aromatic N) is 1. The molecule has 0 saturated heterocycles. The number of aromatic nitrogens is 2. The minimum absolute atomic E-state index is 0.00963. The molecule has 0 unspecified atom stereocenters. The van der Waals surface area contributed by atoms with Crippen molar-refractivity contribution < 1.29 is 31.5 Å². The number of hydrogen-bond donors (Lipinski definition) is 3. The average molecular weight is 533 g/mol. The minimum Gasteiger partial charge on any atom is -0.345 e. The van der Waals surface area contributed by atoms with E-state index in [-0.39, 0.29) is 33.5 Å². The number of carbonyl (C=O) groups is 2. The lowest BCUT2D eigenvalue weighted by molar-refractivity contribution is -0.137. The number of alkyl halides is 3. The summed E-state index contributed by atoms with van der Waals surface area (Å²) in [5.41, 5.74) is -1.06. The molecule has 1 aromatic heterocycles. The lowest BCUT2D eigenvalue weighted by Crippen LogP contribution is -2.21. The van der Waals surface area contributed by atoms with Gasteiger partial charge in [0, 0.05) is 50.9 Å². The fraction of sp³-hybridized carbons (Fsp3) is 0.0800. The van der Waals surface area contributed by atoms with Gasteiger partial charge >= 0.3 is 6.18 Å². The van der Waals surface area contributed by atoms with E-state index in [1.54, 1.807) is 0 Å². The van der Waals surface area contributed by atoms with Crippen molar-refractivity contribution in [2.75, 3.05) is 5.32 Å². The molecule has 3 N–H and O–H groups in total. The van der Waals surface area contributed by atoms with E-state index >= 15 is 0 Å². The number of aromatic amines is 1. The molecule has 0 radical (unpaired) electrons. The standard InChI is InChI=1S/C25H14ClF5N4O2/c26-18-2-1-14(27)10-16(18)21-20-17(24(37)35-21)7-11(22-32-3-4-33-22)8-19(20)34-23(36)12-5-13(25(29,30)31)9-15(28)6-12/h1-10,21H,(H,32,33)(H,34,36)(H,35,37)/t21-/m0/s1. The van der Waals surface area contributed by atoms with E-state index in [1.165, 1.54) is 30.6 Å². The zero-order chi connectivity index (χ0) is 26.5. The molecule has 1 aliphatic rings. The van der Waals surface area contributed by atoms with E-state index in [0.29, 0.717) is 23.5 Å². The molecule has 1 aliphatic heterocycles. The molecule has 12 heteroatoms. The van der Waals surface area contributed by atoms with Crippen molar-refractivity contribution in [2.45, 2.75) is 12.2 Å². The maximum Gasteiger partial charge on any atom is 0.416 e. The Bertz CT molecular complexity index is 1550. The molecule has 0 saturated carbocycles. The van der Waals surface area contributed by atoms with Crippen molar-refractivity contribution in [2.24, 2.45) is 0 Å². The van der Waals surface area contributed by atoms with Crippen molar-refractivity contribution in [1.82, 2.24) is 15.3 Å². The van der Waals surface area contributed by atoms with Crippen LogP contribution >= 0.6 is 11.6 Å². The highest BCUT2D eigenvalue weighted by Gasteiger charge is 2.36. The molecule has 3 aromatic carbocycles. The SMILES string of the molecule is O=C(Nc1cc(-c2ncc[nH]2)cc2c1[C@H](c1cc(F)ccc1Cl)NC2=O)c1cc(F)cc(C(F)(F)F)c1. The summed E-state index contributed by atoms with van der Waals surface area (Å²) in [7, 11) is 0. The Hall–Kier alpha value is -4.25. The van der Waals surface area contributed by atoms with Gasteiger partial charge in [-0.1, -0.05) is 11.6 Å². The Morgan fingerprint density at radius 3 is 2.51 bits per heavy atom. The fourth-order valence-corrected chi connectivity index (χ4v) is 4.37. The third-order valence-electron chi connectivity index (χ3n) is 5.76. The second-order valence-electron chi connectivity index (χ2n) is 8.18.